The largest absolute Gasteiger partial charge is 0.497 e. The number of benzene rings is 2. The number of carbonyl (C=O) groups is 1. The summed E-state index contributed by atoms with van der Waals surface area (Å²) in [6.45, 7) is 0. The quantitative estimate of drug-likeness (QED) is 0.844. The van der Waals surface area contributed by atoms with Crippen molar-refractivity contribution in [3.05, 3.63) is 59.7 Å². The minimum absolute atomic E-state index is 0.0431. The van der Waals surface area contributed by atoms with Crippen molar-refractivity contribution < 1.29 is 14.3 Å². The zero-order valence-corrected chi connectivity index (χ0v) is 10.6. The monoisotopic (exact) mass is 254 g/mol. The number of fused-ring (bicyclic) bond motifs is 1. The van der Waals surface area contributed by atoms with E-state index < -0.39 is 6.10 Å². The van der Waals surface area contributed by atoms with E-state index in [0.29, 0.717) is 23.5 Å². The van der Waals surface area contributed by atoms with E-state index >= 15 is 0 Å². The highest BCUT2D eigenvalue weighted by Crippen LogP contribution is 2.33. The Bertz CT molecular complexity index is 605. The molecule has 0 radical (unpaired) electrons. The van der Waals surface area contributed by atoms with Crippen LogP contribution in [0.25, 0.3) is 0 Å². The fourth-order valence-corrected chi connectivity index (χ4v) is 2.27. The van der Waals surface area contributed by atoms with E-state index in [1.54, 1.807) is 25.3 Å². The lowest BCUT2D eigenvalue weighted by molar-refractivity contribution is 0.0857. The smallest absolute Gasteiger partial charge is 0.207 e. The Morgan fingerprint density at radius 3 is 2.68 bits per heavy atom. The summed E-state index contributed by atoms with van der Waals surface area (Å²) in [6, 6.07) is 15.2. The second-order valence-electron chi connectivity index (χ2n) is 4.52. The van der Waals surface area contributed by atoms with Crippen molar-refractivity contribution in [2.24, 2.45) is 0 Å². The average molecular weight is 254 g/mol. The highest BCUT2D eigenvalue weighted by molar-refractivity contribution is 6.04. The third-order valence-electron chi connectivity index (χ3n) is 3.28. The Kier molecular flexibility index (Phi) is 2.95. The van der Waals surface area contributed by atoms with Gasteiger partial charge in [0.1, 0.15) is 11.5 Å². The second-order valence-corrected chi connectivity index (χ2v) is 4.52. The summed E-state index contributed by atoms with van der Waals surface area (Å²) in [6.07, 6.45) is 0.168. The van der Waals surface area contributed by atoms with Crippen LogP contribution in [0, 0.1) is 0 Å². The van der Waals surface area contributed by atoms with Gasteiger partial charge in [-0.1, -0.05) is 30.3 Å². The van der Waals surface area contributed by atoms with Crippen LogP contribution in [0.15, 0.2) is 48.5 Å². The lowest BCUT2D eigenvalue weighted by atomic mass is 10.0. The third-order valence-corrected chi connectivity index (χ3v) is 3.28. The highest BCUT2D eigenvalue weighted by atomic mass is 16.5. The van der Waals surface area contributed by atoms with Gasteiger partial charge in [0.25, 0.3) is 0 Å². The van der Waals surface area contributed by atoms with Crippen molar-refractivity contribution in [3.8, 4) is 11.5 Å². The SMILES string of the molecule is COc1ccc2c(c1)O[C@@H](Cc1ccccc1)C2=O. The predicted octanol–water partition coefficient (Wildman–Crippen LogP) is 2.88. The first-order chi connectivity index (χ1) is 9.28. The number of rotatable bonds is 3. The molecule has 1 aliphatic rings. The van der Waals surface area contributed by atoms with Gasteiger partial charge in [0.2, 0.25) is 5.78 Å². The number of hydrogen-bond donors (Lipinski definition) is 0. The van der Waals surface area contributed by atoms with Gasteiger partial charge in [-0.05, 0) is 17.7 Å². The van der Waals surface area contributed by atoms with Crippen molar-refractivity contribution in [2.75, 3.05) is 7.11 Å². The topological polar surface area (TPSA) is 35.5 Å². The molecule has 0 N–H and O–H groups in total. The van der Waals surface area contributed by atoms with E-state index in [2.05, 4.69) is 0 Å². The Morgan fingerprint density at radius 2 is 1.95 bits per heavy atom. The summed E-state index contributed by atoms with van der Waals surface area (Å²) >= 11 is 0. The molecule has 1 atom stereocenters. The standard InChI is InChI=1S/C16H14O3/c1-18-12-7-8-13-14(10-12)19-15(16(13)17)9-11-5-3-2-4-6-11/h2-8,10,15H,9H2,1H3/t15-/m0/s1. The van der Waals surface area contributed by atoms with Gasteiger partial charge < -0.3 is 9.47 Å². The zero-order valence-electron chi connectivity index (χ0n) is 10.6. The molecular weight excluding hydrogens is 240 g/mol. The van der Waals surface area contributed by atoms with Crippen molar-refractivity contribution in [2.45, 2.75) is 12.5 Å². The maximum atomic E-state index is 12.2. The molecule has 19 heavy (non-hydrogen) atoms. The molecule has 0 aliphatic carbocycles. The number of methoxy groups -OCH3 is 1. The molecule has 96 valence electrons. The molecule has 2 aromatic carbocycles. The Labute approximate surface area is 111 Å². The third kappa shape index (κ3) is 2.19. The number of carbonyl (C=O) groups excluding carboxylic acids is 1. The van der Waals surface area contributed by atoms with Crippen molar-refractivity contribution in [1.29, 1.82) is 0 Å². The zero-order chi connectivity index (χ0) is 13.2. The summed E-state index contributed by atoms with van der Waals surface area (Å²) in [5.41, 5.74) is 1.74. The molecule has 3 rings (SSSR count). The van der Waals surface area contributed by atoms with Crippen LogP contribution >= 0.6 is 0 Å². The van der Waals surface area contributed by atoms with Gasteiger partial charge in [0.15, 0.2) is 6.10 Å². The first kappa shape index (κ1) is 11.8. The van der Waals surface area contributed by atoms with Gasteiger partial charge in [0, 0.05) is 12.5 Å². The second kappa shape index (κ2) is 4.76. The van der Waals surface area contributed by atoms with Crippen LogP contribution in [0.2, 0.25) is 0 Å². The lowest BCUT2D eigenvalue weighted by Gasteiger charge is -2.09. The molecule has 3 nitrogen and oxygen atoms in total. The van der Waals surface area contributed by atoms with Crippen LogP contribution in [-0.4, -0.2) is 19.0 Å². The summed E-state index contributed by atoms with van der Waals surface area (Å²) in [5, 5.41) is 0. The van der Waals surface area contributed by atoms with Crippen molar-refractivity contribution >= 4 is 5.78 Å². The maximum absolute atomic E-state index is 12.2. The summed E-state index contributed by atoms with van der Waals surface area (Å²) in [7, 11) is 1.60. The molecule has 0 spiro atoms. The minimum Gasteiger partial charge on any atom is -0.497 e. The Morgan fingerprint density at radius 1 is 1.16 bits per heavy atom. The lowest BCUT2D eigenvalue weighted by Crippen LogP contribution is -2.23. The number of ketones is 1. The first-order valence-corrected chi connectivity index (χ1v) is 6.21. The predicted molar refractivity (Wildman–Crippen MR) is 71.9 cm³/mol. The van der Waals surface area contributed by atoms with Gasteiger partial charge in [-0.25, -0.2) is 0 Å². The van der Waals surface area contributed by atoms with Gasteiger partial charge >= 0.3 is 0 Å². The number of hydrogen-bond acceptors (Lipinski definition) is 3. The molecule has 0 saturated heterocycles. The molecule has 3 heteroatoms. The van der Waals surface area contributed by atoms with Crippen LogP contribution in [0.4, 0.5) is 0 Å². The minimum atomic E-state index is -0.426. The van der Waals surface area contributed by atoms with E-state index in [9.17, 15) is 4.79 Å². The number of ether oxygens (including phenoxy) is 2. The van der Waals surface area contributed by atoms with Crippen molar-refractivity contribution in [3.63, 3.8) is 0 Å². The molecular formula is C16H14O3. The fourth-order valence-electron chi connectivity index (χ4n) is 2.27. The summed E-state index contributed by atoms with van der Waals surface area (Å²) in [4.78, 5) is 12.2. The van der Waals surface area contributed by atoms with E-state index in [0.717, 1.165) is 5.56 Å². The summed E-state index contributed by atoms with van der Waals surface area (Å²) < 4.78 is 10.9. The van der Waals surface area contributed by atoms with Crippen LogP contribution in [0.1, 0.15) is 15.9 Å². The summed E-state index contributed by atoms with van der Waals surface area (Å²) in [5.74, 6) is 1.36. The van der Waals surface area contributed by atoms with E-state index in [4.69, 9.17) is 9.47 Å². The van der Waals surface area contributed by atoms with E-state index in [1.807, 2.05) is 30.3 Å². The molecule has 2 aromatic rings. The van der Waals surface area contributed by atoms with Gasteiger partial charge in [-0.15, -0.1) is 0 Å². The normalized spacial score (nSPS) is 16.9. The van der Waals surface area contributed by atoms with E-state index in [-0.39, 0.29) is 5.78 Å². The Balaban J connectivity index is 1.83. The molecule has 0 aromatic heterocycles. The van der Waals surface area contributed by atoms with Crippen LogP contribution in [0.5, 0.6) is 11.5 Å². The van der Waals surface area contributed by atoms with Crippen LogP contribution < -0.4 is 9.47 Å². The fraction of sp³-hybridized carbons (Fsp3) is 0.188. The van der Waals surface area contributed by atoms with Gasteiger partial charge in [-0.3, -0.25) is 4.79 Å². The molecule has 0 unspecified atom stereocenters. The maximum Gasteiger partial charge on any atom is 0.207 e. The Hall–Kier alpha value is -2.29. The van der Waals surface area contributed by atoms with Gasteiger partial charge in [0.05, 0.1) is 12.7 Å². The van der Waals surface area contributed by atoms with E-state index in [1.165, 1.54) is 0 Å². The number of Topliss-reactive ketones (excluding diaryl/α,β-unsaturated/α-hetero) is 1. The molecule has 0 fully saturated rings. The molecule has 0 bridgehead atoms. The van der Waals surface area contributed by atoms with Crippen molar-refractivity contribution in [1.82, 2.24) is 0 Å². The molecule has 0 amide bonds. The van der Waals surface area contributed by atoms with Crippen LogP contribution in [0.3, 0.4) is 0 Å². The molecule has 1 heterocycles. The first-order valence-electron chi connectivity index (χ1n) is 6.21. The average Bonchev–Trinajstić information content (AvgIpc) is 2.76. The highest BCUT2D eigenvalue weighted by Gasteiger charge is 2.32. The van der Waals surface area contributed by atoms with Crippen LogP contribution in [-0.2, 0) is 6.42 Å². The van der Waals surface area contributed by atoms with Gasteiger partial charge in [-0.2, -0.15) is 0 Å². The molecule has 0 saturated carbocycles. The molecule has 1 aliphatic heterocycles.